The summed E-state index contributed by atoms with van der Waals surface area (Å²) < 4.78 is 27.2. The molecule has 0 bridgehead atoms. The van der Waals surface area contributed by atoms with Gasteiger partial charge in [0.25, 0.3) is 0 Å². The second-order valence-electron chi connectivity index (χ2n) is 3.58. The van der Waals surface area contributed by atoms with E-state index >= 15 is 0 Å². The Bertz CT molecular complexity index is 268. The zero-order valence-electron chi connectivity index (χ0n) is 8.28. The second kappa shape index (κ2) is 5.30. The molecular formula is C8H16ClNO3S. The van der Waals surface area contributed by atoms with Crippen LogP contribution < -0.4 is 0 Å². The normalized spacial score (nSPS) is 25.1. The topological polar surface area (TPSA) is 46.6 Å². The van der Waals surface area contributed by atoms with E-state index in [2.05, 4.69) is 4.90 Å². The molecule has 1 heterocycles. The van der Waals surface area contributed by atoms with Crippen LogP contribution in [-0.2, 0) is 14.6 Å². The van der Waals surface area contributed by atoms with Gasteiger partial charge < -0.3 is 4.74 Å². The van der Waals surface area contributed by atoms with Crippen LogP contribution in [0.2, 0.25) is 0 Å². The molecule has 6 heteroatoms. The van der Waals surface area contributed by atoms with Crippen LogP contribution in [0, 0.1) is 0 Å². The van der Waals surface area contributed by atoms with Crippen molar-refractivity contribution in [3.05, 3.63) is 0 Å². The number of rotatable bonds is 4. The SMILES string of the molecule is CS(=O)(=O)CCN1CCOC(CCl)C1. The second-order valence-corrected chi connectivity index (χ2v) is 6.15. The standard InChI is InChI=1S/C8H16ClNO3S/c1-14(11,12)5-3-10-2-4-13-8(6-9)7-10/h8H,2-7H2,1H3. The van der Waals surface area contributed by atoms with Crippen molar-refractivity contribution in [2.45, 2.75) is 6.10 Å². The van der Waals surface area contributed by atoms with E-state index in [4.69, 9.17) is 16.3 Å². The van der Waals surface area contributed by atoms with Crippen molar-refractivity contribution < 1.29 is 13.2 Å². The summed E-state index contributed by atoms with van der Waals surface area (Å²) in [4.78, 5) is 2.08. The Morgan fingerprint density at radius 1 is 1.57 bits per heavy atom. The molecule has 0 aromatic heterocycles. The maximum Gasteiger partial charge on any atom is 0.148 e. The highest BCUT2D eigenvalue weighted by Crippen LogP contribution is 2.06. The van der Waals surface area contributed by atoms with Crippen molar-refractivity contribution in [1.29, 1.82) is 0 Å². The van der Waals surface area contributed by atoms with E-state index in [1.807, 2.05) is 0 Å². The van der Waals surface area contributed by atoms with Crippen LogP contribution in [-0.4, -0.2) is 63.6 Å². The van der Waals surface area contributed by atoms with Gasteiger partial charge in [0.15, 0.2) is 0 Å². The number of halogens is 1. The first-order valence-electron chi connectivity index (χ1n) is 4.59. The van der Waals surface area contributed by atoms with Gasteiger partial charge in [-0.05, 0) is 0 Å². The van der Waals surface area contributed by atoms with Crippen LogP contribution in [0.3, 0.4) is 0 Å². The molecule has 0 saturated carbocycles. The summed E-state index contributed by atoms with van der Waals surface area (Å²) in [5.41, 5.74) is 0. The molecule has 0 N–H and O–H groups in total. The largest absolute Gasteiger partial charge is 0.374 e. The lowest BCUT2D eigenvalue weighted by molar-refractivity contribution is -0.0141. The maximum absolute atomic E-state index is 10.9. The smallest absolute Gasteiger partial charge is 0.148 e. The summed E-state index contributed by atoms with van der Waals surface area (Å²) in [6.07, 6.45) is 1.30. The summed E-state index contributed by atoms with van der Waals surface area (Å²) in [5, 5.41) is 0. The third-order valence-electron chi connectivity index (χ3n) is 2.17. The minimum absolute atomic E-state index is 0.0463. The van der Waals surface area contributed by atoms with Gasteiger partial charge in [-0.1, -0.05) is 0 Å². The molecule has 14 heavy (non-hydrogen) atoms. The zero-order valence-corrected chi connectivity index (χ0v) is 9.85. The van der Waals surface area contributed by atoms with Crippen molar-refractivity contribution in [3.8, 4) is 0 Å². The molecule has 4 nitrogen and oxygen atoms in total. The van der Waals surface area contributed by atoms with Crippen LogP contribution in [0.4, 0.5) is 0 Å². The molecule has 0 aliphatic carbocycles. The molecule has 0 spiro atoms. The van der Waals surface area contributed by atoms with Crippen LogP contribution in [0.25, 0.3) is 0 Å². The Morgan fingerprint density at radius 2 is 2.29 bits per heavy atom. The summed E-state index contributed by atoms with van der Waals surface area (Å²) in [5.74, 6) is 0.678. The molecule has 1 atom stereocenters. The lowest BCUT2D eigenvalue weighted by Crippen LogP contribution is -2.44. The zero-order chi connectivity index (χ0) is 10.6. The van der Waals surface area contributed by atoms with E-state index in [-0.39, 0.29) is 11.9 Å². The Morgan fingerprint density at radius 3 is 2.86 bits per heavy atom. The summed E-state index contributed by atoms with van der Waals surface area (Å²) in [6, 6.07) is 0. The first-order valence-corrected chi connectivity index (χ1v) is 7.18. The van der Waals surface area contributed by atoms with E-state index in [1.54, 1.807) is 0 Å². The third kappa shape index (κ3) is 4.59. The molecule has 1 aliphatic heterocycles. The maximum atomic E-state index is 10.9. The molecule has 0 aromatic rings. The lowest BCUT2D eigenvalue weighted by atomic mass is 10.3. The van der Waals surface area contributed by atoms with Crippen LogP contribution in [0.15, 0.2) is 0 Å². The fourth-order valence-electron chi connectivity index (χ4n) is 1.37. The Labute approximate surface area is 90.1 Å². The van der Waals surface area contributed by atoms with Crippen molar-refractivity contribution in [2.75, 3.05) is 44.1 Å². The van der Waals surface area contributed by atoms with E-state index in [1.165, 1.54) is 6.26 Å². The molecule has 1 unspecified atom stereocenters. The average molecular weight is 242 g/mol. The number of ether oxygens (including phenoxy) is 1. The molecular weight excluding hydrogens is 226 g/mol. The van der Waals surface area contributed by atoms with Gasteiger partial charge in [-0.25, -0.2) is 8.42 Å². The van der Waals surface area contributed by atoms with E-state index in [0.29, 0.717) is 19.0 Å². The van der Waals surface area contributed by atoms with Crippen molar-refractivity contribution in [3.63, 3.8) is 0 Å². The minimum Gasteiger partial charge on any atom is -0.374 e. The fourth-order valence-corrected chi connectivity index (χ4v) is 2.15. The van der Waals surface area contributed by atoms with Crippen LogP contribution in [0.1, 0.15) is 0 Å². The number of nitrogens with zero attached hydrogens (tertiary/aromatic N) is 1. The molecule has 1 saturated heterocycles. The monoisotopic (exact) mass is 241 g/mol. The molecule has 0 radical (unpaired) electrons. The highest BCUT2D eigenvalue weighted by Gasteiger charge is 2.20. The Kier molecular flexibility index (Phi) is 4.63. The molecule has 1 aliphatic rings. The van der Waals surface area contributed by atoms with Gasteiger partial charge in [0.2, 0.25) is 0 Å². The van der Waals surface area contributed by atoms with E-state index in [9.17, 15) is 8.42 Å². The molecule has 1 fully saturated rings. The Hall–Kier alpha value is 0.160. The summed E-state index contributed by atoms with van der Waals surface area (Å²) in [6.45, 7) is 2.75. The van der Waals surface area contributed by atoms with Gasteiger partial charge in [0.1, 0.15) is 9.84 Å². The highest BCUT2D eigenvalue weighted by atomic mass is 35.5. The van der Waals surface area contributed by atoms with E-state index < -0.39 is 9.84 Å². The van der Waals surface area contributed by atoms with Gasteiger partial charge in [0, 0.05) is 31.8 Å². The van der Waals surface area contributed by atoms with Crippen molar-refractivity contribution >= 4 is 21.4 Å². The first kappa shape index (κ1) is 12.2. The summed E-state index contributed by atoms with van der Waals surface area (Å²) in [7, 11) is -2.86. The first-order chi connectivity index (χ1) is 6.51. The Balaban J connectivity index is 2.31. The predicted octanol–water partition coefficient (Wildman–Crippen LogP) is -0.0294. The quantitative estimate of drug-likeness (QED) is 0.649. The third-order valence-corrected chi connectivity index (χ3v) is 3.44. The van der Waals surface area contributed by atoms with E-state index in [0.717, 1.165) is 13.1 Å². The van der Waals surface area contributed by atoms with Crippen molar-refractivity contribution in [2.24, 2.45) is 0 Å². The van der Waals surface area contributed by atoms with Gasteiger partial charge in [-0.2, -0.15) is 0 Å². The number of alkyl halides is 1. The van der Waals surface area contributed by atoms with Crippen LogP contribution >= 0.6 is 11.6 Å². The number of hydrogen-bond donors (Lipinski definition) is 0. The number of sulfone groups is 1. The molecule has 0 amide bonds. The predicted molar refractivity (Wildman–Crippen MR) is 56.6 cm³/mol. The fraction of sp³-hybridized carbons (Fsp3) is 1.00. The molecule has 84 valence electrons. The lowest BCUT2D eigenvalue weighted by Gasteiger charge is -2.31. The molecule has 0 aromatic carbocycles. The number of morpholine rings is 1. The van der Waals surface area contributed by atoms with Gasteiger partial charge in [-0.3, -0.25) is 4.90 Å². The summed E-state index contributed by atoms with van der Waals surface area (Å²) >= 11 is 5.67. The molecule has 1 rings (SSSR count). The van der Waals surface area contributed by atoms with Gasteiger partial charge >= 0.3 is 0 Å². The minimum atomic E-state index is -2.86. The van der Waals surface area contributed by atoms with Gasteiger partial charge in [0.05, 0.1) is 18.5 Å². The van der Waals surface area contributed by atoms with Crippen LogP contribution in [0.5, 0.6) is 0 Å². The highest BCUT2D eigenvalue weighted by molar-refractivity contribution is 7.90. The average Bonchev–Trinajstić information content (AvgIpc) is 2.14. The van der Waals surface area contributed by atoms with Gasteiger partial charge in [-0.15, -0.1) is 11.6 Å². The number of hydrogen-bond acceptors (Lipinski definition) is 4. The van der Waals surface area contributed by atoms with Crippen molar-refractivity contribution in [1.82, 2.24) is 4.90 Å².